The molecule has 1 unspecified atom stereocenters. The first-order valence-corrected chi connectivity index (χ1v) is 6.73. The van der Waals surface area contributed by atoms with Gasteiger partial charge in [-0.05, 0) is 25.7 Å². The zero-order chi connectivity index (χ0) is 14.8. The van der Waals surface area contributed by atoms with Gasteiger partial charge in [0.15, 0.2) is 0 Å². The lowest BCUT2D eigenvalue weighted by atomic mass is 9.82. The topological polar surface area (TPSA) is 58.6 Å². The molecule has 1 fully saturated rings. The Hall–Kier alpha value is -1.10. The molecule has 19 heavy (non-hydrogen) atoms. The van der Waals surface area contributed by atoms with Crippen LogP contribution in [0.25, 0.3) is 0 Å². The molecule has 1 saturated heterocycles. The van der Waals surface area contributed by atoms with Gasteiger partial charge in [0, 0.05) is 20.3 Å². The standard InChI is InChI=1S/C14H26N2O3/c1-13(2,3)10-11(17)16(8-7-9-19-6)14(4,5)12(18)15-10/h10H,7-9H2,1-6H3,(H,15,18). The first kappa shape index (κ1) is 16.0. The van der Waals surface area contributed by atoms with Crippen LogP contribution in [0.4, 0.5) is 0 Å². The van der Waals surface area contributed by atoms with Crippen LogP contribution in [-0.2, 0) is 14.3 Å². The highest BCUT2D eigenvalue weighted by Crippen LogP contribution is 2.29. The van der Waals surface area contributed by atoms with Gasteiger partial charge in [-0.25, -0.2) is 0 Å². The molecule has 0 saturated carbocycles. The fourth-order valence-corrected chi connectivity index (χ4v) is 2.27. The van der Waals surface area contributed by atoms with Crippen molar-refractivity contribution in [3.8, 4) is 0 Å². The predicted molar refractivity (Wildman–Crippen MR) is 73.7 cm³/mol. The summed E-state index contributed by atoms with van der Waals surface area (Å²) in [5.74, 6) is -0.0994. The Kier molecular flexibility index (Phi) is 4.61. The van der Waals surface area contributed by atoms with Crippen LogP contribution in [0.1, 0.15) is 41.0 Å². The number of amides is 2. The Morgan fingerprint density at radius 3 is 2.37 bits per heavy atom. The second-order valence-corrected chi connectivity index (χ2v) is 6.67. The smallest absolute Gasteiger partial charge is 0.246 e. The second kappa shape index (κ2) is 5.49. The van der Waals surface area contributed by atoms with Gasteiger partial charge in [-0.1, -0.05) is 20.8 Å². The van der Waals surface area contributed by atoms with Gasteiger partial charge in [0.25, 0.3) is 0 Å². The summed E-state index contributed by atoms with van der Waals surface area (Å²) in [7, 11) is 1.63. The van der Waals surface area contributed by atoms with Gasteiger partial charge in [0.2, 0.25) is 11.8 Å². The maximum Gasteiger partial charge on any atom is 0.246 e. The molecule has 0 spiro atoms. The highest BCUT2D eigenvalue weighted by atomic mass is 16.5. The number of nitrogens with zero attached hydrogens (tertiary/aromatic N) is 1. The molecule has 1 N–H and O–H groups in total. The quantitative estimate of drug-likeness (QED) is 0.780. The number of methoxy groups -OCH3 is 1. The molecule has 0 aliphatic carbocycles. The first-order chi connectivity index (χ1) is 8.62. The summed E-state index contributed by atoms with van der Waals surface area (Å²) >= 11 is 0. The predicted octanol–water partition coefficient (Wildman–Crippen LogP) is 1.17. The van der Waals surface area contributed by atoms with E-state index in [2.05, 4.69) is 5.32 Å². The zero-order valence-corrected chi connectivity index (χ0v) is 12.9. The van der Waals surface area contributed by atoms with E-state index < -0.39 is 11.6 Å². The molecular weight excluding hydrogens is 244 g/mol. The number of ether oxygens (including phenoxy) is 1. The number of hydrogen-bond donors (Lipinski definition) is 1. The molecule has 5 nitrogen and oxygen atoms in total. The van der Waals surface area contributed by atoms with Crippen LogP contribution >= 0.6 is 0 Å². The summed E-state index contributed by atoms with van der Waals surface area (Å²) in [5.41, 5.74) is -1.09. The summed E-state index contributed by atoms with van der Waals surface area (Å²) in [6, 6.07) is -0.462. The summed E-state index contributed by atoms with van der Waals surface area (Å²) in [6.07, 6.45) is 0.732. The van der Waals surface area contributed by atoms with E-state index in [0.29, 0.717) is 13.2 Å². The van der Waals surface area contributed by atoms with Crippen molar-refractivity contribution in [3.63, 3.8) is 0 Å². The fraction of sp³-hybridized carbons (Fsp3) is 0.857. The average Bonchev–Trinajstić information content (AvgIpc) is 2.27. The summed E-state index contributed by atoms with van der Waals surface area (Å²) in [6.45, 7) is 10.6. The van der Waals surface area contributed by atoms with Crippen molar-refractivity contribution in [1.82, 2.24) is 10.2 Å². The molecule has 1 aliphatic heterocycles. The number of carbonyl (C=O) groups excluding carboxylic acids is 2. The van der Waals surface area contributed by atoms with Crippen molar-refractivity contribution < 1.29 is 14.3 Å². The maximum atomic E-state index is 12.6. The molecule has 0 bridgehead atoms. The number of carbonyl (C=O) groups is 2. The zero-order valence-electron chi connectivity index (χ0n) is 12.9. The van der Waals surface area contributed by atoms with Crippen molar-refractivity contribution in [1.29, 1.82) is 0 Å². The van der Waals surface area contributed by atoms with Gasteiger partial charge in [-0.15, -0.1) is 0 Å². The van der Waals surface area contributed by atoms with Gasteiger partial charge >= 0.3 is 0 Å². The van der Waals surface area contributed by atoms with E-state index in [-0.39, 0.29) is 17.2 Å². The third-order valence-electron chi connectivity index (χ3n) is 3.62. The van der Waals surface area contributed by atoms with Crippen LogP contribution in [-0.4, -0.2) is 48.6 Å². The Morgan fingerprint density at radius 1 is 1.32 bits per heavy atom. The van der Waals surface area contributed by atoms with Gasteiger partial charge in [0.05, 0.1) is 0 Å². The summed E-state index contributed by atoms with van der Waals surface area (Å²) in [4.78, 5) is 26.5. The normalized spacial score (nSPS) is 23.5. The maximum absolute atomic E-state index is 12.6. The Labute approximate surface area is 115 Å². The molecule has 2 amide bonds. The highest BCUT2D eigenvalue weighted by molar-refractivity contribution is 5.99. The van der Waals surface area contributed by atoms with Crippen molar-refractivity contribution in [2.24, 2.45) is 5.41 Å². The van der Waals surface area contributed by atoms with Crippen LogP contribution in [0.15, 0.2) is 0 Å². The Balaban J connectivity index is 2.94. The SMILES string of the molecule is COCCCN1C(=O)C(C(C)(C)C)NC(=O)C1(C)C. The van der Waals surface area contributed by atoms with E-state index in [1.807, 2.05) is 20.8 Å². The van der Waals surface area contributed by atoms with E-state index >= 15 is 0 Å². The molecule has 0 aromatic heterocycles. The Bertz CT molecular complexity index is 358. The van der Waals surface area contributed by atoms with E-state index in [1.54, 1.807) is 25.9 Å². The lowest BCUT2D eigenvalue weighted by Crippen LogP contribution is -2.70. The average molecular weight is 270 g/mol. The van der Waals surface area contributed by atoms with Crippen LogP contribution < -0.4 is 5.32 Å². The van der Waals surface area contributed by atoms with Gasteiger partial charge in [-0.3, -0.25) is 9.59 Å². The van der Waals surface area contributed by atoms with Gasteiger partial charge in [-0.2, -0.15) is 0 Å². The molecular formula is C14H26N2O3. The number of piperazine rings is 1. The molecule has 5 heteroatoms. The monoisotopic (exact) mass is 270 g/mol. The molecule has 1 rings (SSSR count). The van der Waals surface area contributed by atoms with Crippen molar-refractivity contribution in [3.05, 3.63) is 0 Å². The summed E-state index contributed by atoms with van der Waals surface area (Å²) < 4.78 is 5.02. The molecule has 0 radical (unpaired) electrons. The highest BCUT2D eigenvalue weighted by Gasteiger charge is 2.49. The number of hydrogen-bond acceptors (Lipinski definition) is 3. The Morgan fingerprint density at radius 2 is 1.89 bits per heavy atom. The second-order valence-electron chi connectivity index (χ2n) is 6.67. The molecule has 1 atom stereocenters. The van der Waals surface area contributed by atoms with Gasteiger partial charge < -0.3 is 15.0 Å². The number of rotatable bonds is 4. The van der Waals surface area contributed by atoms with Crippen LogP contribution in [0, 0.1) is 5.41 Å². The summed E-state index contributed by atoms with van der Waals surface area (Å²) in [5, 5.41) is 2.86. The van der Waals surface area contributed by atoms with Crippen LogP contribution in [0.3, 0.4) is 0 Å². The molecule has 0 aromatic rings. The van der Waals surface area contributed by atoms with E-state index in [0.717, 1.165) is 6.42 Å². The van der Waals surface area contributed by atoms with Crippen LogP contribution in [0.2, 0.25) is 0 Å². The lowest BCUT2D eigenvalue weighted by molar-refractivity contribution is -0.158. The lowest BCUT2D eigenvalue weighted by Gasteiger charge is -2.47. The van der Waals surface area contributed by atoms with Crippen LogP contribution in [0.5, 0.6) is 0 Å². The number of nitrogens with one attached hydrogen (secondary N) is 1. The minimum atomic E-state index is -0.799. The molecule has 1 aliphatic rings. The third kappa shape index (κ3) is 3.26. The van der Waals surface area contributed by atoms with Gasteiger partial charge in [0.1, 0.15) is 11.6 Å². The third-order valence-corrected chi connectivity index (χ3v) is 3.62. The van der Waals surface area contributed by atoms with E-state index in [1.165, 1.54) is 0 Å². The van der Waals surface area contributed by atoms with Crippen molar-refractivity contribution >= 4 is 11.8 Å². The largest absolute Gasteiger partial charge is 0.385 e. The molecule has 0 aromatic carbocycles. The van der Waals surface area contributed by atoms with Crippen molar-refractivity contribution in [2.75, 3.05) is 20.3 Å². The van der Waals surface area contributed by atoms with E-state index in [4.69, 9.17) is 4.74 Å². The minimum Gasteiger partial charge on any atom is -0.385 e. The minimum absolute atomic E-state index is 0.00629. The van der Waals surface area contributed by atoms with Crippen molar-refractivity contribution in [2.45, 2.75) is 52.6 Å². The fourth-order valence-electron chi connectivity index (χ4n) is 2.27. The van der Waals surface area contributed by atoms with E-state index in [9.17, 15) is 9.59 Å². The molecule has 1 heterocycles. The first-order valence-electron chi connectivity index (χ1n) is 6.73. The molecule has 110 valence electrons.